The Labute approximate surface area is 178 Å². The zero-order valence-electron chi connectivity index (χ0n) is 18.2. The van der Waals surface area contributed by atoms with Crippen LogP contribution in [0.2, 0.25) is 0 Å². The van der Waals surface area contributed by atoms with Crippen molar-refractivity contribution in [1.82, 2.24) is 14.9 Å². The van der Waals surface area contributed by atoms with Gasteiger partial charge in [0.2, 0.25) is 5.88 Å². The van der Waals surface area contributed by atoms with Crippen LogP contribution in [0.3, 0.4) is 0 Å². The smallest absolute Gasteiger partial charge is 0.410 e. The number of hydrogen-bond donors (Lipinski definition) is 1. The van der Waals surface area contributed by atoms with E-state index in [-0.39, 0.29) is 12.7 Å². The topological polar surface area (TPSA) is 93.8 Å². The second-order valence-electron chi connectivity index (χ2n) is 8.27. The number of hydrogen-bond acceptors (Lipinski definition) is 7. The van der Waals surface area contributed by atoms with E-state index in [0.717, 1.165) is 23.4 Å². The van der Waals surface area contributed by atoms with Crippen molar-refractivity contribution in [1.29, 1.82) is 0 Å². The van der Waals surface area contributed by atoms with Gasteiger partial charge in [0.1, 0.15) is 23.7 Å². The average molecular weight is 414 g/mol. The molecule has 1 aliphatic heterocycles. The summed E-state index contributed by atoms with van der Waals surface area (Å²) in [5.74, 6) is 1.08. The number of aromatic nitrogens is 2. The van der Waals surface area contributed by atoms with Crippen LogP contribution in [-0.2, 0) is 17.8 Å². The minimum Gasteiger partial charge on any atom is -0.470 e. The molecule has 1 aliphatic rings. The lowest BCUT2D eigenvalue weighted by atomic mass is 10.2. The molecule has 1 saturated heterocycles. The Morgan fingerprint density at radius 3 is 2.53 bits per heavy atom. The lowest BCUT2D eigenvalue weighted by Gasteiger charge is -2.36. The SMILES string of the molecule is CCc1ccc(COc2ncccc2N2CCN(C(=O)OC(C)(C)C)CC2)nc1N. The first kappa shape index (κ1) is 21.7. The third-order valence-corrected chi connectivity index (χ3v) is 4.83. The Hall–Kier alpha value is -3.03. The highest BCUT2D eigenvalue weighted by Gasteiger charge is 2.27. The number of piperazine rings is 1. The minimum atomic E-state index is -0.495. The van der Waals surface area contributed by atoms with Crippen LogP contribution in [0.4, 0.5) is 16.3 Å². The Kier molecular flexibility index (Phi) is 6.64. The maximum absolute atomic E-state index is 12.3. The van der Waals surface area contributed by atoms with Crippen LogP contribution < -0.4 is 15.4 Å². The number of carbonyl (C=O) groups is 1. The summed E-state index contributed by atoms with van der Waals surface area (Å²) < 4.78 is 11.4. The van der Waals surface area contributed by atoms with Crippen LogP contribution in [0.5, 0.6) is 5.88 Å². The van der Waals surface area contributed by atoms with Gasteiger partial charge in [-0.15, -0.1) is 0 Å². The van der Waals surface area contributed by atoms with E-state index >= 15 is 0 Å². The molecule has 0 aliphatic carbocycles. The number of ether oxygens (including phenoxy) is 2. The number of rotatable bonds is 5. The molecule has 0 saturated carbocycles. The molecule has 162 valence electrons. The minimum absolute atomic E-state index is 0.274. The van der Waals surface area contributed by atoms with Gasteiger partial charge in [0.05, 0.1) is 5.69 Å². The predicted octanol–water partition coefficient (Wildman–Crippen LogP) is 3.26. The van der Waals surface area contributed by atoms with Crippen LogP contribution in [-0.4, -0.2) is 52.7 Å². The fraction of sp³-hybridized carbons (Fsp3) is 0.500. The standard InChI is InChI=1S/C22H31N5O3/c1-5-16-8-9-17(25-19(16)23)15-29-20-18(7-6-10-24-20)26-11-13-27(14-12-26)21(28)30-22(2,3)4/h6-10H,5,11-15H2,1-4H3,(H2,23,25). The van der Waals surface area contributed by atoms with Crippen molar-refractivity contribution >= 4 is 17.6 Å². The van der Waals surface area contributed by atoms with Crippen molar-refractivity contribution in [3.05, 3.63) is 41.7 Å². The summed E-state index contributed by atoms with van der Waals surface area (Å²) in [5.41, 5.74) is 8.19. The number of aryl methyl sites for hydroxylation is 1. The first-order valence-corrected chi connectivity index (χ1v) is 10.3. The van der Waals surface area contributed by atoms with E-state index in [1.165, 1.54) is 0 Å². The van der Waals surface area contributed by atoms with Gasteiger partial charge in [-0.2, -0.15) is 0 Å². The van der Waals surface area contributed by atoms with Crippen LogP contribution >= 0.6 is 0 Å². The summed E-state index contributed by atoms with van der Waals surface area (Å²) in [7, 11) is 0. The van der Waals surface area contributed by atoms with Crippen LogP contribution in [0.1, 0.15) is 39.0 Å². The number of amides is 1. The van der Waals surface area contributed by atoms with Gasteiger partial charge in [0, 0.05) is 32.4 Å². The third kappa shape index (κ3) is 5.52. The van der Waals surface area contributed by atoms with Gasteiger partial charge in [-0.1, -0.05) is 13.0 Å². The Morgan fingerprint density at radius 1 is 1.17 bits per heavy atom. The van der Waals surface area contributed by atoms with E-state index in [2.05, 4.69) is 14.9 Å². The molecule has 2 N–H and O–H groups in total. The van der Waals surface area contributed by atoms with Gasteiger partial charge in [0.25, 0.3) is 0 Å². The molecule has 1 amide bonds. The molecule has 8 nitrogen and oxygen atoms in total. The molecule has 3 heterocycles. The second kappa shape index (κ2) is 9.19. The molecule has 2 aromatic heterocycles. The van der Waals surface area contributed by atoms with Gasteiger partial charge in [-0.25, -0.2) is 14.8 Å². The summed E-state index contributed by atoms with van der Waals surface area (Å²) in [4.78, 5) is 25.0. The quantitative estimate of drug-likeness (QED) is 0.804. The molecule has 2 aromatic rings. The van der Waals surface area contributed by atoms with Crippen molar-refractivity contribution in [3.8, 4) is 5.88 Å². The van der Waals surface area contributed by atoms with E-state index in [4.69, 9.17) is 15.2 Å². The summed E-state index contributed by atoms with van der Waals surface area (Å²) >= 11 is 0. The van der Waals surface area contributed by atoms with E-state index in [0.29, 0.717) is 37.9 Å². The van der Waals surface area contributed by atoms with Crippen molar-refractivity contribution in [2.24, 2.45) is 0 Å². The predicted molar refractivity (Wildman–Crippen MR) is 117 cm³/mol. The number of nitrogens with zero attached hydrogens (tertiary/aromatic N) is 4. The summed E-state index contributed by atoms with van der Waals surface area (Å²) in [6, 6.07) is 7.77. The van der Waals surface area contributed by atoms with Crippen molar-refractivity contribution in [3.63, 3.8) is 0 Å². The largest absolute Gasteiger partial charge is 0.470 e. The fourth-order valence-corrected chi connectivity index (χ4v) is 3.26. The number of carbonyl (C=O) groups excluding carboxylic acids is 1. The zero-order chi connectivity index (χ0) is 21.7. The Bertz CT molecular complexity index is 873. The molecule has 0 spiro atoms. The fourth-order valence-electron chi connectivity index (χ4n) is 3.26. The maximum Gasteiger partial charge on any atom is 0.410 e. The molecule has 0 bridgehead atoms. The highest BCUT2D eigenvalue weighted by molar-refractivity contribution is 5.69. The van der Waals surface area contributed by atoms with E-state index in [9.17, 15) is 4.79 Å². The normalized spacial score (nSPS) is 14.5. The van der Waals surface area contributed by atoms with Gasteiger partial charge in [-0.3, -0.25) is 0 Å². The lowest BCUT2D eigenvalue weighted by Crippen LogP contribution is -2.50. The molecule has 0 unspecified atom stereocenters. The molecule has 0 radical (unpaired) electrons. The van der Waals surface area contributed by atoms with Gasteiger partial charge >= 0.3 is 6.09 Å². The van der Waals surface area contributed by atoms with Crippen molar-refractivity contribution in [2.45, 2.75) is 46.3 Å². The first-order chi connectivity index (χ1) is 14.3. The average Bonchev–Trinajstić information content (AvgIpc) is 2.71. The van der Waals surface area contributed by atoms with Gasteiger partial charge < -0.3 is 25.0 Å². The maximum atomic E-state index is 12.3. The first-order valence-electron chi connectivity index (χ1n) is 10.3. The molecular formula is C22H31N5O3. The monoisotopic (exact) mass is 413 g/mol. The third-order valence-electron chi connectivity index (χ3n) is 4.83. The van der Waals surface area contributed by atoms with E-state index < -0.39 is 5.60 Å². The van der Waals surface area contributed by atoms with E-state index in [1.54, 1.807) is 11.1 Å². The summed E-state index contributed by atoms with van der Waals surface area (Å²) in [6.45, 7) is 10.5. The molecule has 0 atom stereocenters. The second-order valence-corrected chi connectivity index (χ2v) is 8.27. The van der Waals surface area contributed by atoms with E-state index in [1.807, 2.05) is 52.0 Å². The van der Waals surface area contributed by atoms with Gasteiger partial charge in [0.15, 0.2) is 0 Å². The molecule has 8 heteroatoms. The molecule has 1 fully saturated rings. The summed E-state index contributed by atoms with van der Waals surface area (Å²) in [5, 5.41) is 0. The summed E-state index contributed by atoms with van der Waals surface area (Å²) in [6.07, 6.45) is 2.28. The highest BCUT2D eigenvalue weighted by Crippen LogP contribution is 2.27. The van der Waals surface area contributed by atoms with Crippen molar-refractivity contribution < 1.29 is 14.3 Å². The Morgan fingerprint density at radius 2 is 1.90 bits per heavy atom. The van der Waals surface area contributed by atoms with Crippen LogP contribution in [0, 0.1) is 0 Å². The highest BCUT2D eigenvalue weighted by atomic mass is 16.6. The number of pyridine rings is 2. The zero-order valence-corrected chi connectivity index (χ0v) is 18.2. The molecule has 0 aromatic carbocycles. The molecular weight excluding hydrogens is 382 g/mol. The number of nitrogens with two attached hydrogens (primary N) is 1. The molecule has 3 rings (SSSR count). The van der Waals surface area contributed by atoms with Crippen molar-refractivity contribution in [2.75, 3.05) is 36.8 Å². The number of nitrogen functional groups attached to an aromatic ring is 1. The number of anilines is 2. The van der Waals surface area contributed by atoms with Gasteiger partial charge in [-0.05, 0) is 51.0 Å². The molecule has 30 heavy (non-hydrogen) atoms. The van der Waals surface area contributed by atoms with Crippen LogP contribution in [0.25, 0.3) is 0 Å². The Balaban J connectivity index is 1.62. The van der Waals surface area contributed by atoms with Crippen LogP contribution in [0.15, 0.2) is 30.5 Å². The lowest BCUT2D eigenvalue weighted by molar-refractivity contribution is 0.0240.